The summed E-state index contributed by atoms with van der Waals surface area (Å²) in [6, 6.07) is 0. The summed E-state index contributed by atoms with van der Waals surface area (Å²) in [5.41, 5.74) is 0. The van der Waals surface area contributed by atoms with Gasteiger partial charge < -0.3 is 5.11 Å². The minimum atomic E-state index is -0.801. The fraction of sp³-hybridized carbons (Fsp3) is 0.625. The van der Waals surface area contributed by atoms with Crippen molar-refractivity contribution in [3.63, 3.8) is 0 Å². The number of aliphatic carboxylic acids is 1. The van der Waals surface area contributed by atoms with Gasteiger partial charge in [0.15, 0.2) is 0 Å². The van der Waals surface area contributed by atoms with E-state index in [4.69, 9.17) is 5.11 Å². The first-order valence-electron chi connectivity index (χ1n) is 3.54. The average molecular weight is 155 g/mol. The van der Waals surface area contributed by atoms with E-state index in [0.29, 0.717) is 6.54 Å². The van der Waals surface area contributed by atoms with Crippen LogP contribution in [0, 0.1) is 11.8 Å². The first kappa shape index (κ1) is 9.99. The molecule has 0 bridgehead atoms. The Morgan fingerprint density at radius 2 is 2.27 bits per heavy atom. The van der Waals surface area contributed by atoms with Crippen molar-refractivity contribution in [2.24, 2.45) is 0 Å². The van der Waals surface area contributed by atoms with Gasteiger partial charge >= 0.3 is 5.97 Å². The van der Waals surface area contributed by atoms with Crippen molar-refractivity contribution in [1.29, 1.82) is 0 Å². The number of hydrogen-bond donors (Lipinski definition) is 1. The largest absolute Gasteiger partial charge is 0.480 e. The Bertz CT molecular complexity index is 178. The van der Waals surface area contributed by atoms with Gasteiger partial charge in [-0.25, -0.2) is 0 Å². The molecule has 3 nitrogen and oxygen atoms in total. The van der Waals surface area contributed by atoms with E-state index in [1.807, 2.05) is 6.92 Å². The first-order valence-corrected chi connectivity index (χ1v) is 3.54. The van der Waals surface area contributed by atoms with Gasteiger partial charge in [-0.15, -0.1) is 5.92 Å². The molecule has 11 heavy (non-hydrogen) atoms. The van der Waals surface area contributed by atoms with Gasteiger partial charge in [0.05, 0.1) is 13.1 Å². The lowest BCUT2D eigenvalue weighted by molar-refractivity contribution is -0.138. The fourth-order valence-corrected chi connectivity index (χ4v) is 0.662. The van der Waals surface area contributed by atoms with E-state index in [1.165, 1.54) is 0 Å². The molecule has 0 aromatic carbocycles. The second-order valence-electron chi connectivity index (χ2n) is 2.12. The van der Waals surface area contributed by atoms with Gasteiger partial charge in [0.2, 0.25) is 0 Å². The van der Waals surface area contributed by atoms with Crippen LogP contribution < -0.4 is 0 Å². The Kier molecular flexibility index (Phi) is 5.22. The third kappa shape index (κ3) is 5.43. The van der Waals surface area contributed by atoms with Crippen molar-refractivity contribution in [1.82, 2.24) is 4.90 Å². The molecule has 0 aliphatic carbocycles. The Morgan fingerprint density at radius 3 is 2.64 bits per heavy atom. The molecule has 3 heteroatoms. The zero-order chi connectivity index (χ0) is 8.69. The molecular formula is C8H13NO2. The highest BCUT2D eigenvalue weighted by atomic mass is 16.4. The van der Waals surface area contributed by atoms with Gasteiger partial charge in [0.25, 0.3) is 0 Å². The number of rotatable bonds is 4. The number of nitrogens with zero attached hydrogens (tertiary/aromatic N) is 1. The molecule has 0 atom stereocenters. The third-order valence-electron chi connectivity index (χ3n) is 1.29. The third-order valence-corrected chi connectivity index (χ3v) is 1.29. The van der Waals surface area contributed by atoms with Crippen LogP contribution in [0.5, 0.6) is 0 Å². The Balaban J connectivity index is 3.72. The smallest absolute Gasteiger partial charge is 0.317 e. The molecule has 0 rings (SSSR count). The molecular weight excluding hydrogens is 142 g/mol. The molecule has 0 spiro atoms. The molecule has 0 saturated carbocycles. The SMILES string of the molecule is CC#CCN(CC)CC(=O)O. The number of carboxylic acids is 1. The summed E-state index contributed by atoms with van der Waals surface area (Å²) >= 11 is 0. The Morgan fingerprint density at radius 1 is 1.64 bits per heavy atom. The number of hydrogen-bond acceptors (Lipinski definition) is 2. The highest BCUT2D eigenvalue weighted by Gasteiger charge is 2.04. The summed E-state index contributed by atoms with van der Waals surface area (Å²) in [6.45, 7) is 5.00. The molecule has 0 amide bonds. The second-order valence-corrected chi connectivity index (χ2v) is 2.12. The predicted octanol–water partition coefficient (Wildman–Crippen LogP) is 0.416. The molecule has 0 unspecified atom stereocenters. The van der Waals surface area contributed by atoms with Crippen molar-refractivity contribution < 1.29 is 9.90 Å². The minimum Gasteiger partial charge on any atom is -0.480 e. The fourth-order valence-electron chi connectivity index (χ4n) is 0.662. The summed E-state index contributed by atoms with van der Waals surface area (Å²) in [7, 11) is 0. The van der Waals surface area contributed by atoms with Gasteiger partial charge in [0.1, 0.15) is 0 Å². The quantitative estimate of drug-likeness (QED) is 0.598. The first-order chi connectivity index (χ1) is 5.20. The van der Waals surface area contributed by atoms with Gasteiger partial charge in [-0.1, -0.05) is 12.8 Å². The van der Waals surface area contributed by atoms with E-state index in [1.54, 1.807) is 11.8 Å². The summed E-state index contributed by atoms with van der Waals surface area (Å²) in [5, 5.41) is 8.42. The van der Waals surface area contributed by atoms with Crippen molar-refractivity contribution in [3.05, 3.63) is 0 Å². The number of carboxylic acid groups (broad SMARTS) is 1. The molecule has 0 heterocycles. The van der Waals surface area contributed by atoms with Gasteiger partial charge in [-0.05, 0) is 13.5 Å². The topological polar surface area (TPSA) is 40.5 Å². The number of carbonyl (C=O) groups is 1. The maximum Gasteiger partial charge on any atom is 0.317 e. The lowest BCUT2D eigenvalue weighted by Crippen LogP contribution is -2.29. The Labute approximate surface area is 67.0 Å². The minimum absolute atomic E-state index is 0.0746. The normalized spacial score (nSPS) is 9.00. The highest BCUT2D eigenvalue weighted by Crippen LogP contribution is 1.84. The molecule has 0 saturated heterocycles. The summed E-state index contributed by atoms with van der Waals surface area (Å²) in [6.07, 6.45) is 0. The van der Waals surface area contributed by atoms with Crippen molar-refractivity contribution in [2.45, 2.75) is 13.8 Å². The molecule has 62 valence electrons. The van der Waals surface area contributed by atoms with Gasteiger partial charge in [0, 0.05) is 0 Å². The van der Waals surface area contributed by atoms with Gasteiger partial charge in [-0.3, -0.25) is 9.69 Å². The molecule has 0 aromatic rings. The van der Waals surface area contributed by atoms with Crippen LogP contribution in [0.2, 0.25) is 0 Å². The van der Waals surface area contributed by atoms with Crippen molar-refractivity contribution in [3.8, 4) is 11.8 Å². The van der Waals surface area contributed by atoms with Crippen LogP contribution in [-0.4, -0.2) is 35.6 Å². The summed E-state index contributed by atoms with van der Waals surface area (Å²) in [4.78, 5) is 12.0. The van der Waals surface area contributed by atoms with Crippen LogP contribution in [0.15, 0.2) is 0 Å². The maximum absolute atomic E-state index is 10.2. The van der Waals surface area contributed by atoms with Crippen molar-refractivity contribution >= 4 is 5.97 Å². The lowest BCUT2D eigenvalue weighted by atomic mass is 10.4. The molecule has 1 N–H and O–H groups in total. The zero-order valence-electron chi connectivity index (χ0n) is 6.92. The van der Waals surface area contributed by atoms with E-state index in [9.17, 15) is 4.79 Å². The average Bonchev–Trinajstić information content (AvgIpc) is 1.97. The zero-order valence-corrected chi connectivity index (χ0v) is 6.92. The van der Waals surface area contributed by atoms with E-state index < -0.39 is 5.97 Å². The Hall–Kier alpha value is -1.01. The standard InChI is InChI=1S/C8H13NO2/c1-3-5-6-9(4-2)7-8(10)11/h4,6-7H2,1-2H3,(H,10,11). The van der Waals surface area contributed by atoms with Crippen LogP contribution in [0.1, 0.15) is 13.8 Å². The number of likely N-dealkylation sites (N-methyl/N-ethyl adjacent to an activating group) is 1. The summed E-state index contributed by atoms with van der Waals surface area (Å²) < 4.78 is 0. The van der Waals surface area contributed by atoms with E-state index in [0.717, 1.165) is 6.54 Å². The summed E-state index contributed by atoms with van der Waals surface area (Å²) in [5.74, 6) is 4.74. The van der Waals surface area contributed by atoms with Crippen LogP contribution >= 0.6 is 0 Å². The van der Waals surface area contributed by atoms with Crippen LogP contribution in [-0.2, 0) is 4.79 Å². The monoisotopic (exact) mass is 155 g/mol. The van der Waals surface area contributed by atoms with Gasteiger partial charge in [-0.2, -0.15) is 0 Å². The van der Waals surface area contributed by atoms with Crippen LogP contribution in [0.25, 0.3) is 0 Å². The molecule has 0 fully saturated rings. The van der Waals surface area contributed by atoms with Crippen LogP contribution in [0.4, 0.5) is 0 Å². The lowest BCUT2D eigenvalue weighted by Gasteiger charge is -2.13. The van der Waals surface area contributed by atoms with Crippen molar-refractivity contribution in [2.75, 3.05) is 19.6 Å². The maximum atomic E-state index is 10.2. The predicted molar refractivity (Wildman–Crippen MR) is 43.2 cm³/mol. The molecule has 0 aliphatic heterocycles. The highest BCUT2D eigenvalue weighted by molar-refractivity contribution is 5.69. The molecule has 0 aliphatic rings. The van der Waals surface area contributed by atoms with E-state index in [-0.39, 0.29) is 6.54 Å². The second kappa shape index (κ2) is 5.75. The van der Waals surface area contributed by atoms with Crippen LogP contribution in [0.3, 0.4) is 0 Å². The molecule has 0 aromatic heterocycles. The van der Waals surface area contributed by atoms with E-state index in [2.05, 4.69) is 11.8 Å². The molecule has 0 radical (unpaired) electrons. The van der Waals surface area contributed by atoms with E-state index >= 15 is 0 Å².